The van der Waals surface area contributed by atoms with E-state index >= 15 is 0 Å². The highest BCUT2D eigenvalue weighted by atomic mass is 35.5. The number of aromatic hydroxyl groups is 1. The monoisotopic (exact) mass is 284 g/mol. The Kier molecular flexibility index (Phi) is 6.12. The van der Waals surface area contributed by atoms with Crippen LogP contribution in [0.25, 0.3) is 0 Å². The van der Waals surface area contributed by atoms with Crippen LogP contribution in [0.3, 0.4) is 0 Å². The molecule has 19 heavy (non-hydrogen) atoms. The smallest absolute Gasteiger partial charge is 0.236 e. The summed E-state index contributed by atoms with van der Waals surface area (Å²) in [7, 11) is 1.78. The number of rotatable bonds is 6. The van der Waals surface area contributed by atoms with Crippen LogP contribution in [0.5, 0.6) is 5.75 Å². The molecule has 0 heterocycles. The molecule has 5 heteroatoms. The van der Waals surface area contributed by atoms with Crippen LogP contribution in [0.4, 0.5) is 0 Å². The fourth-order valence-corrected chi connectivity index (χ4v) is 2.00. The number of carbonyl (C=O) groups is 1. The van der Waals surface area contributed by atoms with E-state index in [1.807, 2.05) is 17.0 Å². The lowest BCUT2D eigenvalue weighted by molar-refractivity contribution is -0.131. The Morgan fingerprint density at radius 1 is 1.47 bits per heavy atom. The van der Waals surface area contributed by atoms with Gasteiger partial charge in [0, 0.05) is 13.1 Å². The largest absolute Gasteiger partial charge is 0.508 e. The van der Waals surface area contributed by atoms with E-state index in [2.05, 4.69) is 5.32 Å². The number of phenols is 1. The molecule has 0 saturated heterocycles. The van der Waals surface area contributed by atoms with Crippen molar-refractivity contribution in [2.24, 2.45) is 5.92 Å². The van der Waals surface area contributed by atoms with E-state index in [1.165, 1.54) is 12.8 Å². The number of nitrogens with zero attached hydrogens (tertiary/aromatic N) is 1. The Morgan fingerprint density at radius 2 is 2.21 bits per heavy atom. The van der Waals surface area contributed by atoms with Crippen molar-refractivity contribution in [3.8, 4) is 5.75 Å². The summed E-state index contributed by atoms with van der Waals surface area (Å²) >= 11 is 0. The third-order valence-corrected chi connectivity index (χ3v) is 3.14. The standard InChI is InChI=1S/C14H20N2O2.ClH/c1-15-8-14(18)16(9-11-5-6-11)10-12-3-2-4-13(17)7-12;/h2-4,7,11,15,17H,5-6,8-10H2,1H3;1H. The van der Waals surface area contributed by atoms with Gasteiger partial charge in [-0.2, -0.15) is 0 Å². The quantitative estimate of drug-likeness (QED) is 0.837. The normalized spacial score (nSPS) is 13.7. The van der Waals surface area contributed by atoms with Crippen LogP contribution >= 0.6 is 12.4 Å². The van der Waals surface area contributed by atoms with Crippen molar-refractivity contribution in [1.82, 2.24) is 10.2 Å². The van der Waals surface area contributed by atoms with Gasteiger partial charge in [0.15, 0.2) is 0 Å². The number of nitrogens with one attached hydrogen (secondary N) is 1. The second-order valence-electron chi connectivity index (χ2n) is 4.92. The first-order valence-corrected chi connectivity index (χ1v) is 6.39. The van der Waals surface area contributed by atoms with Crippen molar-refractivity contribution in [1.29, 1.82) is 0 Å². The Balaban J connectivity index is 0.00000180. The first-order valence-electron chi connectivity index (χ1n) is 6.39. The predicted octanol–water partition coefficient (Wildman–Crippen LogP) is 1.77. The van der Waals surface area contributed by atoms with E-state index in [4.69, 9.17) is 0 Å². The van der Waals surface area contributed by atoms with Crippen molar-refractivity contribution in [2.75, 3.05) is 20.1 Å². The fourth-order valence-electron chi connectivity index (χ4n) is 2.00. The minimum absolute atomic E-state index is 0. The van der Waals surface area contributed by atoms with Crippen LogP contribution in [0.2, 0.25) is 0 Å². The molecule has 1 fully saturated rings. The molecule has 2 N–H and O–H groups in total. The van der Waals surface area contributed by atoms with Gasteiger partial charge in [-0.25, -0.2) is 0 Å². The molecular formula is C14H21ClN2O2. The molecule has 0 radical (unpaired) electrons. The average molecular weight is 285 g/mol. The maximum Gasteiger partial charge on any atom is 0.236 e. The number of hydrogen-bond donors (Lipinski definition) is 2. The zero-order valence-corrected chi connectivity index (χ0v) is 11.9. The molecular weight excluding hydrogens is 264 g/mol. The van der Waals surface area contributed by atoms with Crippen molar-refractivity contribution in [3.63, 3.8) is 0 Å². The van der Waals surface area contributed by atoms with E-state index in [-0.39, 0.29) is 24.1 Å². The summed E-state index contributed by atoms with van der Waals surface area (Å²) in [5.41, 5.74) is 0.972. The number of carbonyl (C=O) groups excluding carboxylic acids is 1. The van der Waals surface area contributed by atoms with Gasteiger partial charge in [0.25, 0.3) is 0 Å². The lowest BCUT2D eigenvalue weighted by Gasteiger charge is -2.22. The first-order chi connectivity index (χ1) is 8.69. The van der Waals surface area contributed by atoms with Crippen LogP contribution < -0.4 is 5.32 Å². The SMILES string of the molecule is CNCC(=O)N(Cc1cccc(O)c1)CC1CC1.Cl. The van der Waals surface area contributed by atoms with Gasteiger partial charge in [-0.15, -0.1) is 12.4 Å². The van der Waals surface area contributed by atoms with E-state index < -0.39 is 0 Å². The summed E-state index contributed by atoms with van der Waals surface area (Å²) in [5.74, 6) is 1.04. The Labute approximate surface area is 120 Å². The van der Waals surface area contributed by atoms with Gasteiger partial charge in [0.05, 0.1) is 6.54 Å². The van der Waals surface area contributed by atoms with E-state index in [9.17, 15) is 9.90 Å². The van der Waals surface area contributed by atoms with Gasteiger partial charge in [0.2, 0.25) is 5.91 Å². The summed E-state index contributed by atoms with van der Waals surface area (Å²) in [4.78, 5) is 13.9. The van der Waals surface area contributed by atoms with Gasteiger partial charge in [0.1, 0.15) is 5.75 Å². The number of phenolic OH excluding ortho intramolecular Hbond substituents is 1. The van der Waals surface area contributed by atoms with Gasteiger partial charge < -0.3 is 15.3 Å². The molecule has 1 aromatic rings. The summed E-state index contributed by atoms with van der Waals surface area (Å²) in [6.45, 7) is 1.77. The minimum atomic E-state index is 0. The van der Waals surface area contributed by atoms with Crippen molar-refractivity contribution >= 4 is 18.3 Å². The third kappa shape index (κ3) is 5.09. The van der Waals surface area contributed by atoms with E-state index in [0.29, 0.717) is 19.0 Å². The molecule has 0 spiro atoms. The first kappa shape index (κ1) is 15.8. The number of benzene rings is 1. The maximum absolute atomic E-state index is 12.0. The summed E-state index contributed by atoms with van der Waals surface area (Å²) in [5, 5.41) is 12.3. The number of halogens is 1. The second kappa shape index (κ2) is 7.36. The molecule has 1 saturated carbocycles. The van der Waals surface area contributed by atoms with E-state index in [1.54, 1.807) is 19.2 Å². The molecule has 2 rings (SSSR count). The molecule has 0 atom stereocenters. The highest BCUT2D eigenvalue weighted by Gasteiger charge is 2.26. The zero-order valence-electron chi connectivity index (χ0n) is 11.1. The Hall–Kier alpha value is -1.26. The zero-order chi connectivity index (χ0) is 13.0. The van der Waals surface area contributed by atoms with Crippen molar-refractivity contribution in [3.05, 3.63) is 29.8 Å². The molecule has 0 bridgehead atoms. The average Bonchev–Trinajstić information content (AvgIpc) is 3.12. The highest BCUT2D eigenvalue weighted by molar-refractivity contribution is 5.85. The molecule has 1 aromatic carbocycles. The lowest BCUT2D eigenvalue weighted by atomic mass is 10.2. The molecule has 1 aliphatic carbocycles. The van der Waals surface area contributed by atoms with Gasteiger partial charge in [-0.3, -0.25) is 4.79 Å². The fraction of sp³-hybridized carbons (Fsp3) is 0.500. The van der Waals surface area contributed by atoms with Gasteiger partial charge in [-0.1, -0.05) is 12.1 Å². The number of amides is 1. The summed E-state index contributed by atoms with van der Waals surface area (Å²) in [6.07, 6.45) is 2.45. The Bertz CT molecular complexity index is 422. The molecule has 106 valence electrons. The molecule has 4 nitrogen and oxygen atoms in total. The molecule has 1 aliphatic rings. The molecule has 1 amide bonds. The van der Waals surface area contributed by atoms with Crippen LogP contribution in [0.1, 0.15) is 18.4 Å². The predicted molar refractivity (Wildman–Crippen MR) is 77.4 cm³/mol. The third-order valence-electron chi connectivity index (χ3n) is 3.14. The minimum Gasteiger partial charge on any atom is -0.508 e. The van der Waals surface area contributed by atoms with Crippen LogP contribution in [-0.4, -0.2) is 36.1 Å². The Morgan fingerprint density at radius 3 is 2.79 bits per heavy atom. The van der Waals surface area contributed by atoms with Crippen LogP contribution in [-0.2, 0) is 11.3 Å². The molecule has 0 unspecified atom stereocenters. The van der Waals surface area contributed by atoms with Gasteiger partial charge in [-0.05, 0) is 43.5 Å². The van der Waals surface area contributed by atoms with Crippen molar-refractivity contribution in [2.45, 2.75) is 19.4 Å². The summed E-state index contributed by atoms with van der Waals surface area (Å²) < 4.78 is 0. The lowest BCUT2D eigenvalue weighted by Crippen LogP contribution is -2.38. The second-order valence-corrected chi connectivity index (χ2v) is 4.92. The summed E-state index contributed by atoms with van der Waals surface area (Å²) in [6, 6.07) is 7.10. The van der Waals surface area contributed by atoms with Gasteiger partial charge >= 0.3 is 0 Å². The number of likely N-dealkylation sites (N-methyl/N-ethyl adjacent to an activating group) is 1. The topological polar surface area (TPSA) is 52.6 Å². The van der Waals surface area contributed by atoms with E-state index in [0.717, 1.165) is 12.1 Å². The molecule has 0 aliphatic heterocycles. The van der Waals surface area contributed by atoms with Crippen LogP contribution in [0, 0.1) is 5.92 Å². The highest BCUT2D eigenvalue weighted by Crippen LogP contribution is 2.30. The molecule has 0 aromatic heterocycles. The van der Waals surface area contributed by atoms with Crippen LogP contribution in [0.15, 0.2) is 24.3 Å². The number of hydrogen-bond acceptors (Lipinski definition) is 3. The van der Waals surface area contributed by atoms with Crippen molar-refractivity contribution < 1.29 is 9.90 Å². The maximum atomic E-state index is 12.0.